The molecule has 0 amide bonds. The van der Waals surface area contributed by atoms with Crippen molar-refractivity contribution >= 4 is 11.3 Å². The molecule has 2 aromatic rings. The number of thiazole rings is 1. The molecule has 1 unspecified atom stereocenters. The van der Waals surface area contributed by atoms with Gasteiger partial charge in [-0.1, -0.05) is 6.07 Å². The van der Waals surface area contributed by atoms with Crippen molar-refractivity contribution in [3.63, 3.8) is 0 Å². The highest BCUT2D eigenvalue weighted by molar-refractivity contribution is 7.09. The maximum Gasteiger partial charge on any atom is 0.416 e. The van der Waals surface area contributed by atoms with E-state index in [1.165, 1.54) is 17.4 Å². The first-order valence-electron chi connectivity index (χ1n) is 5.45. The van der Waals surface area contributed by atoms with E-state index in [-0.39, 0.29) is 6.04 Å². The van der Waals surface area contributed by atoms with Gasteiger partial charge in [0.2, 0.25) is 0 Å². The molecule has 1 aromatic carbocycles. The van der Waals surface area contributed by atoms with Gasteiger partial charge in [0, 0.05) is 11.1 Å². The summed E-state index contributed by atoms with van der Waals surface area (Å²) in [6.07, 6.45) is -2.69. The van der Waals surface area contributed by atoms with Crippen molar-refractivity contribution in [3.8, 4) is 0 Å². The molecule has 102 valence electrons. The lowest BCUT2D eigenvalue weighted by Crippen LogP contribution is -2.28. The van der Waals surface area contributed by atoms with Gasteiger partial charge in [0.1, 0.15) is 0 Å². The van der Waals surface area contributed by atoms with Crippen LogP contribution in [0.1, 0.15) is 27.6 Å². The highest BCUT2D eigenvalue weighted by atomic mass is 32.1. The first kappa shape index (κ1) is 14.0. The van der Waals surface area contributed by atoms with E-state index in [1.807, 2.05) is 0 Å². The Morgan fingerprint density at radius 3 is 2.58 bits per heavy atom. The molecule has 0 radical (unpaired) electrons. The molecule has 1 aromatic heterocycles. The van der Waals surface area contributed by atoms with E-state index in [0.29, 0.717) is 11.1 Å². The van der Waals surface area contributed by atoms with Crippen LogP contribution < -0.4 is 11.3 Å². The Balaban J connectivity index is 2.40. The lowest BCUT2D eigenvalue weighted by atomic mass is 9.98. The van der Waals surface area contributed by atoms with Gasteiger partial charge in [0.05, 0.1) is 17.1 Å². The molecular formula is C12H12F3N3S. The van der Waals surface area contributed by atoms with Gasteiger partial charge in [0.15, 0.2) is 0 Å². The number of aromatic nitrogens is 1. The number of benzene rings is 1. The van der Waals surface area contributed by atoms with Crippen molar-refractivity contribution < 1.29 is 13.2 Å². The van der Waals surface area contributed by atoms with Crippen molar-refractivity contribution in [1.82, 2.24) is 10.4 Å². The van der Waals surface area contributed by atoms with Crippen LogP contribution in [0.15, 0.2) is 29.9 Å². The van der Waals surface area contributed by atoms with E-state index in [2.05, 4.69) is 10.4 Å². The second-order valence-corrected chi connectivity index (χ2v) is 4.99. The van der Waals surface area contributed by atoms with Crippen LogP contribution in [0.3, 0.4) is 0 Å². The molecule has 2 rings (SSSR count). The van der Waals surface area contributed by atoms with Gasteiger partial charge in [-0.15, -0.1) is 11.3 Å². The monoisotopic (exact) mass is 287 g/mol. The summed E-state index contributed by atoms with van der Waals surface area (Å²) in [5, 5.41) is 0. The Morgan fingerprint density at radius 2 is 2.11 bits per heavy atom. The summed E-state index contributed by atoms with van der Waals surface area (Å²) in [5.41, 5.74) is 4.84. The highest BCUT2D eigenvalue weighted by Gasteiger charge is 2.31. The second-order valence-electron chi connectivity index (χ2n) is 4.07. The molecule has 0 aliphatic carbocycles. The van der Waals surface area contributed by atoms with Crippen LogP contribution in [0, 0.1) is 6.92 Å². The Labute approximate surface area is 112 Å². The molecule has 0 fully saturated rings. The number of rotatable bonds is 3. The molecule has 0 aliphatic rings. The average molecular weight is 287 g/mol. The minimum absolute atomic E-state index is 0.352. The summed E-state index contributed by atoms with van der Waals surface area (Å²) in [7, 11) is 0. The minimum Gasteiger partial charge on any atom is -0.271 e. The predicted molar refractivity (Wildman–Crippen MR) is 67.5 cm³/mol. The fraction of sp³-hybridized carbons (Fsp3) is 0.250. The fourth-order valence-corrected chi connectivity index (χ4v) is 2.57. The standard InChI is InChI=1S/C12H12F3N3S/c1-7-4-8(12(13,14)15)2-3-9(7)11(18-16)10-5-17-6-19-10/h2-6,11,18H,16H2,1H3. The molecule has 0 saturated heterocycles. The Hall–Kier alpha value is -1.44. The van der Waals surface area contributed by atoms with E-state index in [0.717, 1.165) is 17.0 Å². The zero-order valence-electron chi connectivity index (χ0n) is 10.0. The molecular weight excluding hydrogens is 275 g/mol. The SMILES string of the molecule is Cc1cc(C(F)(F)F)ccc1C(NN)c1cncs1. The van der Waals surface area contributed by atoms with Gasteiger partial charge >= 0.3 is 6.18 Å². The maximum atomic E-state index is 12.6. The molecule has 19 heavy (non-hydrogen) atoms. The number of aryl methyl sites for hydroxylation is 1. The smallest absolute Gasteiger partial charge is 0.271 e. The number of hydrazine groups is 1. The van der Waals surface area contributed by atoms with E-state index in [1.54, 1.807) is 18.6 Å². The summed E-state index contributed by atoms with van der Waals surface area (Å²) < 4.78 is 37.8. The normalized spacial score (nSPS) is 13.5. The number of halogens is 3. The van der Waals surface area contributed by atoms with Gasteiger partial charge < -0.3 is 0 Å². The molecule has 7 heteroatoms. The summed E-state index contributed by atoms with van der Waals surface area (Å²) in [5.74, 6) is 5.50. The van der Waals surface area contributed by atoms with Crippen molar-refractivity contribution in [1.29, 1.82) is 0 Å². The number of hydrogen-bond donors (Lipinski definition) is 2. The van der Waals surface area contributed by atoms with Gasteiger partial charge in [-0.2, -0.15) is 13.2 Å². The number of nitrogens with two attached hydrogens (primary N) is 1. The van der Waals surface area contributed by atoms with Crippen LogP contribution in [0.4, 0.5) is 13.2 Å². The molecule has 1 atom stereocenters. The zero-order valence-corrected chi connectivity index (χ0v) is 10.8. The van der Waals surface area contributed by atoms with E-state index >= 15 is 0 Å². The van der Waals surface area contributed by atoms with Crippen molar-refractivity contribution in [2.75, 3.05) is 0 Å². The molecule has 1 heterocycles. The van der Waals surface area contributed by atoms with Crippen molar-refractivity contribution in [2.45, 2.75) is 19.1 Å². The first-order chi connectivity index (χ1) is 8.93. The number of hydrogen-bond acceptors (Lipinski definition) is 4. The first-order valence-corrected chi connectivity index (χ1v) is 6.33. The number of alkyl halides is 3. The van der Waals surface area contributed by atoms with Gasteiger partial charge in [-0.3, -0.25) is 10.8 Å². The molecule has 0 bridgehead atoms. The molecule has 3 nitrogen and oxygen atoms in total. The fourth-order valence-electron chi connectivity index (χ4n) is 1.87. The van der Waals surface area contributed by atoms with Crippen LogP contribution in [-0.4, -0.2) is 4.98 Å². The van der Waals surface area contributed by atoms with Crippen LogP contribution in [0.2, 0.25) is 0 Å². The largest absolute Gasteiger partial charge is 0.416 e. The highest BCUT2D eigenvalue weighted by Crippen LogP contribution is 2.33. The van der Waals surface area contributed by atoms with E-state index in [4.69, 9.17) is 5.84 Å². The second kappa shape index (κ2) is 5.28. The number of nitrogens with one attached hydrogen (secondary N) is 1. The van der Waals surface area contributed by atoms with E-state index in [9.17, 15) is 13.2 Å². The van der Waals surface area contributed by atoms with Crippen LogP contribution in [0.25, 0.3) is 0 Å². The summed E-state index contributed by atoms with van der Waals surface area (Å²) in [6, 6.07) is 3.28. The quantitative estimate of drug-likeness (QED) is 0.674. The topological polar surface area (TPSA) is 50.9 Å². The average Bonchev–Trinajstić information content (AvgIpc) is 2.84. The van der Waals surface area contributed by atoms with Crippen molar-refractivity contribution in [3.05, 3.63) is 51.5 Å². The van der Waals surface area contributed by atoms with Crippen LogP contribution in [0.5, 0.6) is 0 Å². The van der Waals surface area contributed by atoms with Crippen LogP contribution in [-0.2, 0) is 6.18 Å². The van der Waals surface area contributed by atoms with Gasteiger partial charge in [-0.25, -0.2) is 5.43 Å². The number of nitrogens with zero attached hydrogens (tertiary/aromatic N) is 1. The summed E-state index contributed by atoms with van der Waals surface area (Å²) >= 11 is 1.39. The van der Waals surface area contributed by atoms with E-state index < -0.39 is 11.7 Å². The third-order valence-electron chi connectivity index (χ3n) is 2.81. The zero-order chi connectivity index (χ0) is 14.0. The molecule has 0 aliphatic heterocycles. The predicted octanol–water partition coefficient (Wildman–Crippen LogP) is 3.02. The lowest BCUT2D eigenvalue weighted by molar-refractivity contribution is -0.137. The molecule has 0 saturated carbocycles. The minimum atomic E-state index is -4.33. The van der Waals surface area contributed by atoms with Crippen LogP contribution >= 0.6 is 11.3 Å². The Bertz CT molecular complexity index is 552. The lowest BCUT2D eigenvalue weighted by Gasteiger charge is -2.18. The Morgan fingerprint density at radius 1 is 1.37 bits per heavy atom. The summed E-state index contributed by atoms with van der Waals surface area (Å²) in [4.78, 5) is 4.80. The molecule has 0 spiro atoms. The van der Waals surface area contributed by atoms with Crippen molar-refractivity contribution in [2.24, 2.45) is 5.84 Å². The third kappa shape index (κ3) is 2.94. The molecule has 3 N–H and O–H groups in total. The van der Waals surface area contributed by atoms with Gasteiger partial charge in [-0.05, 0) is 30.2 Å². The third-order valence-corrected chi connectivity index (χ3v) is 3.65. The maximum absolute atomic E-state index is 12.6. The summed E-state index contributed by atoms with van der Waals surface area (Å²) in [6.45, 7) is 1.63. The Kier molecular flexibility index (Phi) is 3.88. The van der Waals surface area contributed by atoms with Gasteiger partial charge in [0.25, 0.3) is 0 Å².